The highest BCUT2D eigenvalue weighted by Gasteiger charge is 2.07. The summed E-state index contributed by atoms with van der Waals surface area (Å²) in [6.07, 6.45) is 1.68. The number of halogens is 1. The second-order valence-electron chi connectivity index (χ2n) is 4.49. The second kappa shape index (κ2) is 6.10. The quantitative estimate of drug-likeness (QED) is 0.750. The summed E-state index contributed by atoms with van der Waals surface area (Å²) in [7, 11) is 0. The maximum absolute atomic E-state index is 5.87. The van der Waals surface area contributed by atoms with E-state index in [4.69, 9.17) is 4.74 Å². The summed E-state index contributed by atoms with van der Waals surface area (Å²) in [5.74, 6) is 1.79. The lowest BCUT2D eigenvalue weighted by atomic mass is 10.1. The molecule has 21 heavy (non-hydrogen) atoms. The molecule has 5 heteroatoms. The summed E-state index contributed by atoms with van der Waals surface area (Å²) in [5.41, 5.74) is 0. The molecule has 0 aliphatic heterocycles. The number of hydrogen-bond acceptors (Lipinski definition) is 4. The molecule has 0 atom stereocenters. The van der Waals surface area contributed by atoms with Gasteiger partial charge in [0.05, 0.1) is 10.7 Å². The van der Waals surface area contributed by atoms with Crippen LogP contribution in [0.1, 0.15) is 6.92 Å². The van der Waals surface area contributed by atoms with E-state index in [1.165, 1.54) is 5.39 Å². The molecule has 0 fully saturated rings. The number of ether oxygens (including phenoxy) is 1. The van der Waals surface area contributed by atoms with Crippen LogP contribution in [0.2, 0.25) is 0 Å². The molecule has 2 aromatic carbocycles. The molecule has 0 saturated heterocycles. The number of anilines is 1. The largest absolute Gasteiger partial charge is 0.438 e. The third-order valence-electron chi connectivity index (χ3n) is 2.98. The normalized spacial score (nSPS) is 10.6. The Morgan fingerprint density at radius 1 is 1.14 bits per heavy atom. The summed E-state index contributed by atoms with van der Waals surface area (Å²) in [5, 5.41) is 5.38. The van der Waals surface area contributed by atoms with E-state index in [0.717, 1.165) is 22.2 Å². The molecule has 0 aliphatic carbocycles. The molecule has 1 N–H and O–H groups in total. The van der Waals surface area contributed by atoms with Crippen molar-refractivity contribution in [2.45, 2.75) is 6.92 Å². The number of hydrogen-bond donors (Lipinski definition) is 1. The van der Waals surface area contributed by atoms with Crippen molar-refractivity contribution in [3.05, 3.63) is 53.1 Å². The molecule has 0 spiro atoms. The maximum Gasteiger partial charge on any atom is 0.238 e. The molecule has 3 aromatic rings. The third kappa shape index (κ3) is 3.13. The van der Waals surface area contributed by atoms with Crippen molar-refractivity contribution < 1.29 is 4.74 Å². The molecular weight excluding hydrogens is 330 g/mol. The Morgan fingerprint density at radius 3 is 2.76 bits per heavy atom. The number of aromatic nitrogens is 2. The average molecular weight is 344 g/mol. The van der Waals surface area contributed by atoms with Crippen LogP contribution in [0.15, 0.2) is 53.1 Å². The summed E-state index contributed by atoms with van der Waals surface area (Å²) in [6, 6.07) is 14.1. The lowest BCUT2D eigenvalue weighted by Gasteiger charge is -2.09. The van der Waals surface area contributed by atoms with Gasteiger partial charge in [-0.15, -0.1) is 0 Å². The maximum atomic E-state index is 5.87. The van der Waals surface area contributed by atoms with Crippen molar-refractivity contribution in [2.75, 3.05) is 11.9 Å². The van der Waals surface area contributed by atoms with Crippen molar-refractivity contribution in [1.82, 2.24) is 9.97 Å². The van der Waals surface area contributed by atoms with Crippen molar-refractivity contribution in [1.29, 1.82) is 0 Å². The standard InChI is InChI=1S/C16H14BrN3O/c1-2-18-16-19-10-14(17)15(20-16)21-13-8-7-11-5-3-4-6-12(11)9-13/h3-10H,2H2,1H3,(H,18,19,20). The molecule has 0 radical (unpaired) electrons. The van der Waals surface area contributed by atoms with Crippen molar-refractivity contribution >= 4 is 32.7 Å². The zero-order chi connectivity index (χ0) is 14.7. The van der Waals surface area contributed by atoms with E-state index in [2.05, 4.69) is 43.3 Å². The van der Waals surface area contributed by atoms with Gasteiger partial charge in [-0.05, 0) is 45.8 Å². The molecule has 0 saturated carbocycles. The topological polar surface area (TPSA) is 47.0 Å². The minimum atomic E-state index is 0.497. The third-order valence-corrected chi connectivity index (χ3v) is 3.53. The van der Waals surface area contributed by atoms with Gasteiger partial charge in [0, 0.05) is 6.54 Å². The second-order valence-corrected chi connectivity index (χ2v) is 5.34. The van der Waals surface area contributed by atoms with Crippen LogP contribution in [0.5, 0.6) is 11.6 Å². The smallest absolute Gasteiger partial charge is 0.238 e. The van der Waals surface area contributed by atoms with Crippen LogP contribution < -0.4 is 10.1 Å². The lowest BCUT2D eigenvalue weighted by Crippen LogP contribution is -2.03. The molecule has 3 rings (SSSR count). The highest BCUT2D eigenvalue weighted by Crippen LogP contribution is 2.29. The minimum Gasteiger partial charge on any atom is -0.438 e. The molecule has 4 nitrogen and oxygen atoms in total. The van der Waals surface area contributed by atoms with E-state index in [-0.39, 0.29) is 0 Å². The fraction of sp³-hybridized carbons (Fsp3) is 0.125. The van der Waals surface area contributed by atoms with E-state index in [1.54, 1.807) is 6.20 Å². The van der Waals surface area contributed by atoms with Gasteiger partial charge in [-0.3, -0.25) is 0 Å². The first-order chi connectivity index (χ1) is 10.3. The summed E-state index contributed by atoms with van der Waals surface area (Å²) in [4.78, 5) is 8.52. The van der Waals surface area contributed by atoms with Crippen LogP contribution in [0.25, 0.3) is 10.8 Å². The van der Waals surface area contributed by atoms with E-state index in [9.17, 15) is 0 Å². The van der Waals surface area contributed by atoms with Gasteiger partial charge >= 0.3 is 0 Å². The van der Waals surface area contributed by atoms with Crippen molar-refractivity contribution in [2.24, 2.45) is 0 Å². The number of rotatable bonds is 4. The van der Waals surface area contributed by atoms with Gasteiger partial charge < -0.3 is 10.1 Å². The predicted octanol–water partition coefficient (Wildman–Crippen LogP) is 4.62. The molecule has 0 amide bonds. The Labute approximate surface area is 131 Å². The van der Waals surface area contributed by atoms with Gasteiger partial charge in [0.25, 0.3) is 0 Å². The van der Waals surface area contributed by atoms with Crippen LogP contribution in [0, 0.1) is 0 Å². The number of benzene rings is 2. The fourth-order valence-electron chi connectivity index (χ4n) is 2.01. The first kappa shape index (κ1) is 13.8. The highest BCUT2D eigenvalue weighted by molar-refractivity contribution is 9.10. The van der Waals surface area contributed by atoms with E-state index in [0.29, 0.717) is 11.8 Å². The first-order valence-electron chi connectivity index (χ1n) is 6.69. The first-order valence-corrected chi connectivity index (χ1v) is 7.48. The van der Waals surface area contributed by atoms with E-state index >= 15 is 0 Å². The average Bonchev–Trinajstić information content (AvgIpc) is 2.51. The van der Waals surface area contributed by atoms with Crippen molar-refractivity contribution in [3.8, 4) is 11.6 Å². The van der Waals surface area contributed by atoms with Gasteiger partial charge in [0.1, 0.15) is 5.75 Å². The lowest BCUT2D eigenvalue weighted by molar-refractivity contribution is 0.459. The zero-order valence-corrected chi connectivity index (χ0v) is 13.1. The molecule has 0 bridgehead atoms. The minimum absolute atomic E-state index is 0.497. The van der Waals surface area contributed by atoms with E-state index < -0.39 is 0 Å². The van der Waals surface area contributed by atoms with Gasteiger partial charge in [0.2, 0.25) is 11.8 Å². The molecule has 1 aromatic heterocycles. The molecular formula is C16H14BrN3O. The number of nitrogens with zero attached hydrogens (tertiary/aromatic N) is 2. The Hall–Kier alpha value is -2.14. The predicted molar refractivity (Wildman–Crippen MR) is 87.9 cm³/mol. The Kier molecular flexibility index (Phi) is 4.01. The van der Waals surface area contributed by atoms with Crippen LogP contribution >= 0.6 is 15.9 Å². The Bertz CT molecular complexity index is 776. The summed E-state index contributed by atoms with van der Waals surface area (Å²) in [6.45, 7) is 2.76. The van der Waals surface area contributed by atoms with Crippen LogP contribution in [-0.4, -0.2) is 16.5 Å². The molecule has 106 valence electrons. The molecule has 0 unspecified atom stereocenters. The fourth-order valence-corrected chi connectivity index (χ4v) is 2.28. The van der Waals surface area contributed by atoms with Crippen LogP contribution in [0.3, 0.4) is 0 Å². The van der Waals surface area contributed by atoms with Gasteiger partial charge in [0.15, 0.2) is 0 Å². The van der Waals surface area contributed by atoms with Crippen LogP contribution in [0.4, 0.5) is 5.95 Å². The monoisotopic (exact) mass is 343 g/mol. The van der Waals surface area contributed by atoms with E-state index in [1.807, 2.05) is 37.3 Å². The van der Waals surface area contributed by atoms with Gasteiger partial charge in [-0.1, -0.05) is 30.3 Å². The highest BCUT2D eigenvalue weighted by atomic mass is 79.9. The summed E-state index contributed by atoms with van der Waals surface area (Å²) < 4.78 is 6.59. The van der Waals surface area contributed by atoms with Crippen molar-refractivity contribution in [3.63, 3.8) is 0 Å². The Balaban J connectivity index is 1.92. The molecule has 1 heterocycles. The van der Waals surface area contributed by atoms with Gasteiger partial charge in [-0.25, -0.2) is 4.98 Å². The number of nitrogens with one attached hydrogen (secondary N) is 1. The summed E-state index contributed by atoms with van der Waals surface area (Å²) >= 11 is 3.41. The Morgan fingerprint density at radius 2 is 1.95 bits per heavy atom. The molecule has 0 aliphatic rings. The van der Waals surface area contributed by atoms with Gasteiger partial charge in [-0.2, -0.15) is 4.98 Å². The number of fused-ring (bicyclic) bond motifs is 1. The SMILES string of the molecule is CCNc1ncc(Br)c(Oc2ccc3ccccc3c2)n1. The zero-order valence-electron chi connectivity index (χ0n) is 11.5. The van der Waals surface area contributed by atoms with Crippen LogP contribution in [-0.2, 0) is 0 Å².